The molecule has 1 unspecified atom stereocenters. The highest BCUT2D eigenvalue weighted by Crippen LogP contribution is 2.27. The van der Waals surface area contributed by atoms with E-state index in [9.17, 15) is 4.79 Å². The molecule has 5 nitrogen and oxygen atoms in total. The summed E-state index contributed by atoms with van der Waals surface area (Å²) in [5.41, 5.74) is 7.82. The van der Waals surface area contributed by atoms with Crippen LogP contribution in [0.3, 0.4) is 0 Å². The monoisotopic (exact) mass is 347 g/mol. The topological polar surface area (TPSA) is 76.4 Å². The first kappa shape index (κ1) is 18.1. The Morgan fingerprint density at radius 2 is 2.00 bits per heavy atom. The molecule has 0 spiro atoms. The summed E-state index contributed by atoms with van der Waals surface area (Å²) < 4.78 is 5.25. The third-order valence-electron chi connectivity index (χ3n) is 3.58. The number of hydrogen-bond acceptors (Lipinski definition) is 4. The van der Waals surface area contributed by atoms with Gasteiger partial charge in [-0.05, 0) is 23.8 Å². The van der Waals surface area contributed by atoms with Gasteiger partial charge in [-0.3, -0.25) is 4.79 Å². The Kier molecular flexibility index (Phi) is 6.90. The maximum atomic E-state index is 11.9. The first-order valence-electron chi connectivity index (χ1n) is 7.75. The van der Waals surface area contributed by atoms with Crippen LogP contribution in [0, 0.1) is 0 Å². The molecule has 128 valence electrons. The summed E-state index contributed by atoms with van der Waals surface area (Å²) in [6, 6.07) is 14.8. The average Bonchev–Trinajstić information content (AvgIpc) is 2.60. The Morgan fingerprint density at radius 1 is 1.25 bits per heavy atom. The minimum Gasteiger partial charge on any atom is -0.495 e. The quantitative estimate of drug-likeness (QED) is 0.686. The fraction of sp³-hybridized carbons (Fsp3) is 0.278. The Hall–Kier alpha value is -2.24. The molecule has 24 heavy (non-hydrogen) atoms. The smallest absolute Gasteiger partial charge is 0.221 e. The van der Waals surface area contributed by atoms with Gasteiger partial charge in [-0.1, -0.05) is 41.9 Å². The standard InChI is InChI=1S/C18H22ClN3O2/c1-24-17-8-7-14(19)11-16(17)21-10-9-18(23)22-12-15(20)13-5-3-2-4-6-13/h2-8,11,15,21H,9-10,12,20H2,1H3,(H,22,23). The zero-order valence-electron chi connectivity index (χ0n) is 13.6. The van der Waals surface area contributed by atoms with Gasteiger partial charge in [-0.25, -0.2) is 0 Å². The second kappa shape index (κ2) is 9.15. The van der Waals surface area contributed by atoms with E-state index in [1.165, 1.54) is 0 Å². The summed E-state index contributed by atoms with van der Waals surface area (Å²) in [6.45, 7) is 0.881. The Morgan fingerprint density at radius 3 is 2.71 bits per heavy atom. The second-order valence-corrected chi connectivity index (χ2v) is 5.78. The molecule has 0 radical (unpaired) electrons. The number of carbonyl (C=O) groups is 1. The third kappa shape index (κ3) is 5.44. The normalized spacial score (nSPS) is 11.6. The summed E-state index contributed by atoms with van der Waals surface area (Å²) in [5.74, 6) is 0.626. The summed E-state index contributed by atoms with van der Waals surface area (Å²) >= 11 is 5.97. The van der Waals surface area contributed by atoms with Crippen molar-refractivity contribution in [2.75, 3.05) is 25.5 Å². The fourth-order valence-electron chi connectivity index (χ4n) is 2.26. The molecule has 6 heteroatoms. The van der Waals surface area contributed by atoms with Crippen LogP contribution in [0.4, 0.5) is 5.69 Å². The van der Waals surface area contributed by atoms with Gasteiger partial charge in [0.15, 0.2) is 0 Å². The van der Waals surface area contributed by atoms with E-state index in [0.717, 1.165) is 11.3 Å². The lowest BCUT2D eigenvalue weighted by molar-refractivity contribution is -0.120. The number of hydrogen-bond donors (Lipinski definition) is 3. The molecule has 0 aromatic heterocycles. The van der Waals surface area contributed by atoms with Crippen LogP contribution in [-0.2, 0) is 4.79 Å². The van der Waals surface area contributed by atoms with Crippen LogP contribution in [0.15, 0.2) is 48.5 Å². The number of amides is 1. The fourth-order valence-corrected chi connectivity index (χ4v) is 2.43. The highest BCUT2D eigenvalue weighted by atomic mass is 35.5. The van der Waals surface area contributed by atoms with Crippen LogP contribution in [-0.4, -0.2) is 26.1 Å². The molecule has 4 N–H and O–H groups in total. The molecule has 1 atom stereocenters. The number of halogens is 1. The number of rotatable bonds is 8. The molecule has 0 saturated carbocycles. The largest absolute Gasteiger partial charge is 0.495 e. The van der Waals surface area contributed by atoms with E-state index < -0.39 is 0 Å². The highest BCUT2D eigenvalue weighted by molar-refractivity contribution is 6.30. The first-order chi connectivity index (χ1) is 11.6. The highest BCUT2D eigenvalue weighted by Gasteiger charge is 2.08. The van der Waals surface area contributed by atoms with E-state index in [4.69, 9.17) is 22.1 Å². The van der Waals surface area contributed by atoms with Crippen LogP contribution in [0.2, 0.25) is 5.02 Å². The van der Waals surface area contributed by atoms with Gasteiger partial charge in [0.2, 0.25) is 5.91 Å². The van der Waals surface area contributed by atoms with Gasteiger partial charge < -0.3 is 21.1 Å². The predicted octanol–water partition coefficient (Wildman–Crippen LogP) is 2.97. The maximum absolute atomic E-state index is 11.9. The molecule has 2 aromatic carbocycles. The van der Waals surface area contributed by atoms with Crippen molar-refractivity contribution < 1.29 is 9.53 Å². The van der Waals surface area contributed by atoms with Crippen molar-refractivity contribution in [3.63, 3.8) is 0 Å². The van der Waals surface area contributed by atoms with Crippen LogP contribution >= 0.6 is 11.6 Å². The summed E-state index contributed by atoms with van der Waals surface area (Å²) in [4.78, 5) is 11.9. The molecule has 1 amide bonds. The number of benzene rings is 2. The molecule has 0 saturated heterocycles. The first-order valence-corrected chi connectivity index (χ1v) is 8.12. The number of methoxy groups -OCH3 is 1. The van der Waals surface area contributed by atoms with E-state index in [-0.39, 0.29) is 11.9 Å². The molecule has 0 aliphatic heterocycles. The van der Waals surface area contributed by atoms with Gasteiger partial charge in [-0.2, -0.15) is 0 Å². The van der Waals surface area contributed by atoms with Gasteiger partial charge in [-0.15, -0.1) is 0 Å². The van der Waals surface area contributed by atoms with Crippen molar-refractivity contribution in [1.29, 1.82) is 0 Å². The molecular formula is C18H22ClN3O2. The summed E-state index contributed by atoms with van der Waals surface area (Å²) in [7, 11) is 1.59. The van der Waals surface area contributed by atoms with Crippen molar-refractivity contribution in [1.82, 2.24) is 5.32 Å². The van der Waals surface area contributed by atoms with Crippen LogP contribution in [0.1, 0.15) is 18.0 Å². The zero-order chi connectivity index (χ0) is 17.4. The molecule has 0 aliphatic carbocycles. The van der Waals surface area contributed by atoms with E-state index in [2.05, 4.69) is 10.6 Å². The van der Waals surface area contributed by atoms with Crippen molar-refractivity contribution >= 4 is 23.2 Å². The van der Waals surface area contributed by atoms with Crippen molar-refractivity contribution in [2.24, 2.45) is 5.73 Å². The Bertz CT molecular complexity index is 665. The SMILES string of the molecule is COc1ccc(Cl)cc1NCCC(=O)NCC(N)c1ccccc1. The van der Waals surface area contributed by atoms with Crippen molar-refractivity contribution in [2.45, 2.75) is 12.5 Å². The molecule has 0 heterocycles. The lowest BCUT2D eigenvalue weighted by Crippen LogP contribution is -2.32. The summed E-state index contributed by atoms with van der Waals surface area (Å²) in [6.07, 6.45) is 0.331. The van der Waals surface area contributed by atoms with Crippen LogP contribution < -0.4 is 21.1 Å². The maximum Gasteiger partial charge on any atom is 0.221 e. The molecule has 0 aliphatic rings. The van der Waals surface area contributed by atoms with Gasteiger partial charge in [0.05, 0.1) is 12.8 Å². The lowest BCUT2D eigenvalue weighted by Gasteiger charge is -2.14. The van der Waals surface area contributed by atoms with Crippen LogP contribution in [0.5, 0.6) is 5.75 Å². The van der Waals surface area contributed by atoms with Crippen molar-refractivity contribution in [3.8, 4) is 5.75 Å². The van der Waals surface area contributed by atoms with E-state index >= 15 is 0 Å². The second-order valence-electron chi connectivity index (χ2n) is 5.34. The number of carbonyl (C=O) groups excluding carboxylic acids is 1. The van der Waals surface area contributed by atoms with E-state index in [0.29, 0.717) is 30.3 Å². The number of nitrogens with two attached hydrogens (primary N) is 1. The third-order valence-corrected chi connectivity index (χ3v) is 3.81. The zero-order valence-corrected chi connectivity index (χ0v) is 14.3. The van der Waals surface area contributed by atoms with E-state index in [1.807, 2.05) is 30.3 Å². The molecule has 0 fully saturated rings. The molecular weight excluding hydrogens is 326 g/mol. The number of nitrogens with one attached hydrogen (secondary N) is 2. The minimum absolute atomic E-state index is 0.0603. The number of ether oxygens (including phenoxy) is 1. The Balaban J connectivity index is 1.75. The lowest BCUT2D eigenvalue weighted by atomic mass is 10.1. The van der Waals surface area contributed by atoms with Crippen LogP contribution in [0.25, 0.3) is 0 Å². The minimum atomic E-state index is -0.212. The van der Waals surface area contributed by atoms with Crippen molar-refractivity contribution in [3.05, 3.63) is 59.1 Å². The predicted molar refractivity (Wildman–Crippen MR) is 97.5 cm³/mol. The molecule has 2 rings (SSSR count). The van der Waals surface area contributed by atoms with Gasteiger partial charge in [0, 0.05) is 30.6 Å². The van der Waals surface area contributed by atoms with Gasteiger partial charge in [0.25, 0.3) is 0 Å². The molecule has 0 bridgehead atoms. The Labute approximate surface area is 147 Å². The molecule has 2 aromatic rings. The summed E-state index contributed by atoms with van der Waals surface area (Å²) in [5, 5.41) is 6.61. The van der Waals surface area contributed by atoms with E-state index in [1.54, 1.807) is 25.3 Å². The van der Waals surface area contributed by atoms with Gasteiger partial charge >= 0.3 is 0 Å². The number of anilines is 1. The van der Waals surface area contributed by atoms with Gasteiger partial charge in [0.1, 0.15) is 5.75 Å². The average molecular weight is 348 g/mol.